The van der Waals surface area contributed by atoms with Gasteiger partial charge in [-0.25, -0.2) is 0 Å². The molecule has 0 saturated heterocycles. The third-order valence-corrected chi connectivity index (χ3v) is 20.9. The third kappa shape index (κ3) is 19.2. The van der Waals surface area contributed by atoms with Gasteiger partial charge in [0.15, 0.2) is 0 Å². The first-order chi connectivity index (χ1) is 32.6. The Morgan fingerprint density at radius 3 is 1.03 bits per heavy atom. The van der Waals surface area contributed by atoms with Gasteiger partial charge in [-0.05, 0) is 0 Å². The van der Waals surface area contributed by atoms with Gasteiger partial charge in [0.25, 0.3) is 0 Å². The van der Waals surface area contributed by atoms with Gasteiger partial charge in [-0.2, -0.15) is 0 Å². The Balaban J connectivity index is 1.67. The van der Waals surface area contributed by atoms with Crippen LogP contribution < -0.4 is 30.1 Å². The second kappa shape index (κ2) is 34.3. The van der Waals surface area contributed by atoms with Gasteiger partial charge >= 0.3 is 334 Å². The maximum absolute atomic E-state index is 8.93. The molecule has 0 aliphatic heterocycles. The van der Waals surface area contributed by atoms with E-state index < -0.39 is 5.96 Å². The number of hydrogen-bond donors (Lipinski definition) is 0. The Kier molecular flexibility index (Phi) is 28.9. The van der Waals surface area contributed by atoms with Crippen molar-refractivity contribution in [3.63, 3.8) is 0 Å². The molecular weight excluding hydrogens is 847 g/mol. The van der Waals surface area contributed by atoms with Crippen LogP contribution in [0.15, 0.2) is 103 Å². The second-order valence-corrected chi connectivity index (χ2v) is 25.8. The van der Waals surface area contributed by atoms with Crippen molar-refractivity contribution in [3.05, 3.63) is 109 Å². The van der Waals surface area contributed by atoms with Gasteiger partial charge in [-0.1, -0.05) is 78.6 Å². The number of rotatable bonds is 41. The Morgan fingerprint density at radius 2 is 0.652 bits per heavy atom. The Hall–Kier alpha value is -3.00. The first-order valence-electron chi connectivity index (χ1n) is 27.5. The molecule has 0 radical (unpaired) electrons. The fourth-order valence-electron chi connectivity index (χ4n) is 9.69. The molecule has 0 atom stereocenters. The molecule has 0 aliphatic carbocycles. The van der Waals surface area contributed by atoms with Crippen LogP contribution in [-0.4, -0.2) is 19.8 Å². The molecular formula is C61H94ClO3P. The molecule has 4 aromatic carbocycles. The number of unbranched alkanes of at least 4 members (excludes halogenated alkanes) is 27. The second-order valence-electron chi connectivity index (χ2n) is 19.3. The van der Waals surface area contributed by atoms with Gasteiger partial charge in [0.1, 0.15) is 0 Å². The maximum atomic E-state index is 8.93. The van der Waals surface area contributed by atoms with Crippen LogP contribution in [0.2, 0.25) is 0 Å². The van der Waals surface area contributed by atoms with Crippen molar-refractivity contribution < 1.29 is 14.2 Å². The zero-order valence-electron chi connectivity index (χ0n) is 42.4. The summed E-state index contributed by atoms with van der Waals surface area (Å²) < 4.78 is 21.1. The van der Waals surface area contributed by atoms with Crippen molar-refractivity contribution in [1.29, 1.82) is 0 Å². The molecule has 0 spiro atoms. The number of hydrogen-bond acceptors (Lipinski definition) is 3. The molecule has 0 saturated carbocycles. The van der Waals surface area contributed by atoms with Crippen LogP contribution in [0.5, 0.6) is 17.2 Å². The van der Waals surface area contributed by atoms with E-state index in [1.165, 1.54) is 166 Å². The number of benzene rings is 4. The first kappa shape index (κ1) is 55.6. The molecule has 0 bridgehead atoms. The van der Waals surface area contributed by atoms with E-state index in [9.17, 15) is 0 Å². The quantitative estimate of drug-likeness (QED) is 0.0328. The zero-order chi connectivity index (χ0) is 46.7. The van der Waals surface area contributed by atoms with E-state index in [1.807, 2.05) is 0 Å². The monoisotopic (exact) mass is 941 g/mol. The van der Waals surface area contributed by atoms with Crippen LogP contribution in [0.4, 0.5) is 0 Å². The molecule has 0 fully saturated rings. The van der Waals surface area contributed by atoms with Crippen LogP contribution in [-0.2, 0) is 6.16 Å². The molecule has 0 amide bonds. The molecule has 66 heavy (non-hydrogen) atoms. The minimum Gasteiger partial charge on any atom is -0.0654 e. The predicted octanol–water partition coefficient (Wildman–Crippen LogP) is 18.8. The minimum absolute atomic E-state index is 0.609. The van der Waals surface area contributed by atoms with Crippen molar-refractivity contribution in [2.45, 2.75) is 220 Å². The summed E-state index contributed by atoms with van der Waals surface area (Å²) in [5.41, 5.74) is 1.20. The van der Waals surface area contributed by atoms with Gasteiger partial charge < -0.3 is 0 Å². The topological polar surface area (TPSA) is 27.7 Å². The zero-order valence-corrected chi connectivity index (χ0v) is 44.1. The van der Waals surface area contributed by atoms with Gasteiger partial charge in [0.2, 0.25) is 0 Å². The summed E-state index contributed by atoms with van der Waals surface area (Å²) in [4.78, 5) is 0. The summed E-state index contributed by atoms with van der Waals surface area (Å²) in [6.45, 7) is 8.78. The van der Waals surface area contributed by atoms with Crippen LogP contribution in [0, 0.1) is 0 Å². The first-order valence-corrected chi connectivity index (χ1v) is 30.8. The number of halogens is 1. The summed E-state index contributed by atoms with van der Waals surface area (Å²) in [6, 6.07) is 37.0. The van der Waals surface area contributed by atoms with E-state index in [1.54, 1.807) is 0 Å². The van der Waals surface area contributed by atoms with Gasteiger partial charge in [0, 0.05) is 0 Å². The van der Waals surface area contributed by atoms with Gasteiger partial charge in [0.05, 0.1) is 0 Å². The standard InChI is InChI=1S/C61H94ClO3P/c1-4-7-10-13-16-19-22-25-28-40-51-63-58-49-50-59(66(62,56-45-36-32-37-46-56,57-47-38-33-39-48-57)54-55-43-34-31-35-44-55)61(65-53-42-30-27-24-21-18-15-12-9-6-3)60(58)64-52-41-29-26-23-20-17-14-11-8-5-2/h31-39,43-50H,4-30,40-42,51-54H2,1-3H3. The molecule has 0 unspecified atom stereocenters. The van der Waals surface area contributed by atoms with E-state index in [-0.39, 0.29) is 0 Å². The van der Waals surface area contributed by atoms with Gasteiger partial charge in [-0.3, -0.25) is 0 Å². The average Bonchev–Trinajstić information content (AvgIpc) is 3.35. The number of ether oxygens (including phenoxy) is 3. The van der Waals surface area contributed by atoms with Crippen LogP contribution in [0.1, 0.15) is 219 Å². The predicted molar refractivity (Wildman–Crippen MR) is 293 cm³/mol. The minimum atomic E-state index is -3.84. The molecule has 0 heterocycles. The van der Waals surface area contributed by atoms with E-state index in [0.717, 1.165) is 65.3 Å². The molecule has 4 aromatic rings. The molecule has 0 N–H and O–H groups in total. The molecule has 0 aromatic heterocycles. The van der Waals surface area contributed by atoms with Crippen LogP contribution in [0.25, 0.3) is 0 Å². The summed E-state index contributed by atoms with van der Waals surface area (Å²) in [5, 5.41) is 3.28. The molecule has 3 nitrogen and oxygen atoms in total. The Labute approximate surface area is 410 Å². The van der Waals surface area contributed by atoms with Gasteiger partial charge in [-0.15, -0.1) is 0 Å². The SMILES string of the molecule is CCCCCCCCCCCCOc1ccc(P(Cl)(Cc2ccccc2)(c2ccccc2)c2ccccc2)c(OCCCCCCCCCCCC)c1OCCCCCCCCCCCC. The van der Waals surface area contributed by atoms with E-state index >= 15 is 0 Å². The van der Waals surface area contributed by atoms with Crippen molar-refractivity contribution in [1.82, 2.24) is 0 Å². The van der Waals surface area contributed by atoms with Crippen molar-refractivity contribution in [2.75, 3.05) is 19.8 Å². The van der Waals surface area contributed by atoms with Crippen molar-refractivity contribution >= 4 is 33.1 Å². The van der Waals surface area contributed by atoms with Crippen molar-refractivity contribution in [3.8, 4) is 17.2 Å². The Bertz CT molecular complexity index is 1730. The normalized spacial score (nSPS) is 12.2. The molecule has 5 heteroatoms. The van der Waals surface area contributed by atoms with Crippen LogP contribution >= 0.6 is 17.2 Å². The summed E-state index contributed by atoms with van der Waals surface area (Å²) in [7, 11) is 0. The molecule has 368 valence electrons. The van der Waals surface area contributed by atoms with Crippen molar-refractivity contribution in [2.24, 2.45) is 0 Å². The van der Waals surface area contributed by atoms with Crippen LogP contribution in [0.3, 0.4) is 0 Å². The average molecular weight is 942 g/mol. The summed E-state index contributed by atoms with van der Waals surface area (Å²) >= 11 is 8.93. The Morgan fingerprint density at radius 1 is 0.333 bits per heavy atom. The molecule has 0 aliphatic rings. The van der Waals surface area contributed by atoms with E-state index in [2.05, 4.69) is 124 Å². The smallest absolute Gasteiger partial charge is 0.0654 e. The van der Waals surface area contributed by atoms with E-state index in [4.69, 9.17) is 25.5 Å². The fourth-order valence-corrected chi connectivity index (χ4v) is 16.0. The molecule has 4 rings (SSSR count). The summed E-state index contributed by atoms with van der Waals surface area (Å²) in [5.74, 6) is -1.56. The fraction of sp³-hybridized carbons (Fsp3) is 0.607. The third-order valence-electron chi connectivity index (χ3n) is 13.7. The summed E-state index contributed by atoms with van der Waals surface area (Å²) in [6.07, 6.45) is 39.2. The van der Waals surface area contributed by atoms with E-state index in [0.29, 0.717) is 26.0 Å².